The van der Waals surface area contributed by atoms with Gasteiger partial charge in [0.25, 0.3) is 0 Å². The quantitative estimate of drug-likeness (QED) is 0.330. The SMILES string of the molecule is CNC(=O)OC1CCN(c2ccnc(N3CCN(c4ccn5cc(-c6cc(Cl)c(OC)cc6OC)nc5c4)CC3)n2)CC1. The minimum absolute atomic E-state index is 0.0675. The minimum atomic E-state index is -0.379. The van der Waals surface area contributed by atoms with Crippen LogP contribution in [0.4, 0.5) is 22.2 Å². The maximum atomic E-state index is 11.5. The Balaban J connectivity index is 1.10. The van der Waals surface area contributed by atoms with Gasteiger partial charge in [-0.1, -0.05) is 11.6 Å². The largest absolute Gasteiger partial charge is 0.496 e. The fourth-order valence-electron chi connectivity index (χ4n) is 5.60. The van der Waals surface area contributed by atoms with Gasteiger partial charge in [-0.15, -0.1) is 0 Å². The number of ether oxygens (including phenoxy) is 3. The first-order valence-electron chi connectivity index (χ1n) is 14.3. The number of methoxy groups -OCH3 is 2. The van der Waals surface area contributed by atoms with Crippen molar-refractivity contribution < 1.29 is 19.0 Å². The molecule has 0 radical (unpaired) electrons. The molecular weight excluding hydrogens is 572 g/mol. The molecule has 3 aromatic heterocycles. The molecule has 4 aromatic rings. The molecular formula is C30H35ClN8O4. The predicted octanol–water partition coefficient (Wildman–Crippen LogP) is 4.11. The first-order chi connectivity index (χ1) is 20.9. The molecule has 2 aliphatic rings. The number of anilines is 3. The number of nitrogens with one attached hydrogen (secondary N) is 1. The number of rotatable bonds is 7. The molecule has 43 heavy (non-hydrogen) atoms. The molecule has 2 fully saturated rings. The van der Waals surface area contributed by atoms with Gasteiger partial charge in [-0.3, -0.25) is 0 Å². The molecule has 12 nitrogen and oxygen atoms in total. The average molecular weight is 607 g/mol. The van der Waals surface area contributed by atoms with Gasteiger partial charge in [0.1, 0.15) is 29.1 Å². The number of pyridine rings is 1. The van der Waals surface area contributed by atoms with E-state index in [4.69, 9.17) is 35.8 Å². The second kappa shape index (κ2) is 12.4. The molecule has 1 amide bonds. The Morgan fingerprint density at radius 2 is 1.67 bits per heavy atom. The molecule has 2 aliphatic heterocycles. The van der Waals surface area contributed by atoms with Crippen LogP contribution in [0.3, 0.4) is 0 Å². The third-order valence-corrected chi connectivity index (χ3v) is 8.29. The Morgan fingerprint density at radius 3 is 2.40 bits per heavy atom. The van der Waals surface area contributed by atoms with E-state index in [1.807, 2.05) is 35.1 Å². The first kappa shape index (κ1) is 28.7. The molecule has 0 unspecified atom stereocenters. The van der Waals surface area contributed by atoms with Crippen molar-refractivity contribution in [2.45, 2.75) is 18.9 Å². The third kappa shape index (κ3) is 6.05. The highest BCUT2D eigenvalue weighted by Gasteiger charge is 2.25. The van der Waals surface area contributed by atoms with Crippen molar-refractivity contribution in [3.05, 3.63) is 53.9 Å². The fraction of sp³-hybridized carbons (Fsp3) is 0.400. The van der Waals surface area contributed by atoms with Crippen molar-refractivity contribution in [2.75, 3.05) is 75.2 Å². The van der Waals surface area contributed by atoms with Crippen LogP contribution in [0.1, 0.15) is 12.8 Å². The monoisotopic (exact) mass is 606 g/mol. The van der Waals surface area contributed by atoms with E-state index >= 15 is 0 Å². The summed E-state index contributed by atoms with van der Waals surface area (Å²) in [5, 5.41) is 3.02. The molecule has 0 atom stereocenters. The number of halogens is 1. The van der Waals surface area contributed by atoms with E-state index in [2.05, 4.69) is 37.1 Å². The Hall–Kier alpha value is -4.45. The standard InChI is InChI=1S/C30H35ClN8O4/c1-32-30(40)43-21-6-10-37(11-7-21)27-4-8-33-29(35-27)38-14-12-36(13-15-38)20-5-9-39-19-24(34-28(39)16-20)22-17-23(31)26(42-3)18-25(22)41-2/h4-5,8-9,16-19,21H,6-7,10-15H2,1-3H3,(H,32,40). The maximum Gasteiger partial charge on any atom is 0.407 e. The zero-order valence-electron chi connectivity index (χ0n) is 24.5. The number of benzene rings is 1. The summed E-state index contributed by atoms with van der Waals surface area (Å²) < 4.78 is 18.3. The van der Waals surface area contributed by atoms with Crippen LogP contribution in [-0.2, 0) is 4.74 Å². The Kier molecular flexibility index (Phi) is 8.28. The molecule has 0 bridgehead atoms. The number of fused-ring (bicyclic) bond motifs is 1. The number of hydrogen-bond acceptors (Lipinski definition) is 10. The van der Waals surface area contributed by atoms with Gasteiger partial charge < -0.3 is 38.6 Å². The van der Waals surface area contributed by atoms with Crippen molar-refractivity contribution in [3.63, 3.8) is 0 Å². The van der Waals surface area contributed by atoms with Gasteiger partial charge in [0.2, 0.25) is 5.95 Å². The Bertz CT molecular complexity index is 1600. The number of hydrogen-bond donors (Lipinski definition) is 1. The van der Waals surface area contributed by atoms with Gasteiger partial charge in [0, 0.05) is 101 Å². The van der Waals surface area contributed by atoms with Crippen molar-refractivity contribution in [3.8, 4) is 22.8 Å². The number of alkyl carbamates (subject to hydrolysis) is 1. The van der Waals surface area contributed by atoms with Gasteiger partial charge >= 0.3 is 6.09 Å². The summed E-state index contributed by atoms with van der Waals surface area (Å²) in [6.45, 7) is 4.84. The van der Waals surface area contributed by atoms with E-state index in [1.54, 1.807) is 27.3 Å². The number of piperidine rings is 1. The third-order valence-electron chi connectivity index (χ3n) is 7.99. The van der Waals surface area contributed by atoms with Gasteiger partial charge in [-0.25, -0.2) is 14.8 Å². The molecule has 6 rings (SSSR count). The van der Waals surface area contributed by atoms with Gasteiger partial charge in [0.05, 0.1) is 24.9 Å². The summed E-state index contributed by atoms with van der Waals surface area (Å²) >= 11 is 6.41. The van der Waals surface area contributed by atoms with Crippen LogP contribution in [-0.4, -0.2) is 92.1 Å². The fourth-order valence-corrected chi connectivity index (χ4v) is 5.84. The topological polar surface area (TPSA) is 110 Å². The summed E-state index contributed by atoms with van der Waals surface area (Å²) in [5.74, 6) is 2.84. The number of aromatic nitrogens is 4. The summed E-state index contributed by atoms with van der Waals surface area (Å²) in [7, 11) is 4.78. The number of nitrogens with zero attached hydrogens (tertiary/aromatic N) is 7. The lowest BCUT2D eigenvalue weighted by atomic mass is 10.1. The molecule has 13 heteroatoms. The van der Waals surface area contributed by atoms with Crippen LogP contribution in [0.15, 0.2) is 48.9 Å². The molecule has 1 aromatic carbocycles. The predicted molar refractivity (Wildman–Crippen MR) is 166 cm³/mol. The van der Waals surface area contributed by atoms with E-state index in [1.165, 1.54) is 0 Å². The summed E-state index contributed by atoms with van der Waals surface area (Å²) in [6.07, 6.45) is 6.93. The second-order valence-corrected chi connectivity index (χ2v) is 10.9. The van der Waals surface area contributed by atoms with Crippen LogP contribution in [0.25, 0.3) is 16.9 Å². The average Bonchev–Trinajstić information content (AvgIpc) is 3.48. The summed E-state index contributed by atoms with van der Waals surface area (Å²) in [5.41, 5.74) is 3.52. The number of carbonyl (C=O) groups excluding carboxylic acids is 1. The van der Waals surface area contributed by atoms with Gasteiger partial charge in [0.15, 0.2) is 0 Å². The molecule has 2 saturated heterocycles. The number of amides is 1. The molecule has 5 heterocycles. The molecule has 0 saturated carbocycles. The summed E-state index contributed by atoms with van der Waals surface area (Å²) in [6, 6.07) is 9.76. The van der Waals surface area contributed by atoms with Crippen LogP contribution in [0, 0.1) is 0 Å². The zero-order valence-corrected chi connectivity index (χ0v) is 25.3. The Morgan fingerprint density at radius 1 is 0.930 bits per heavy atom. The van der Waals surface area contributed by atoms with E-state index in [-0.39, 0.29) is 12.2 Å². The van der Waals surface area contributed by atoms with Gasteiger partial charge in [-0.2, -0.15) is 4.98 Å². The minimum Gasteiger partial charge on any atom is -0.496 e. The van der Waals surface area contributed by atoms with Crippen molar-refractivity contribution in [1.82, 2.24) is 24.7 Å². The normalized spacial score (nSPS) is 16.0. The lowest BCUT2D eigenvalue weighted by molar-refractivity contribution is 0.0848. The molecule has 0 spiro atoms. The van der Waals surface area contributed by atoms with Crippen molar-refractivity contribution >= 4 is 40.8 Å². The maximum absolute atomic E-state index is 11.5. The molecule has 226 valence electrons. The van der Waals surface area contributed by atoms with Crippen LogP contribution >= 0.6 is 11.6 Å². The zero-order chi connectivity index (χ0) is 29.9. The first-order valence-corrected chi connectivity index (χ1v) is 14.7. The highest BCUT2D eigenvalue weighted by atomic mass is 35.5. The lowest BCUT2D eigenvalue weighted by Crippen LogP contribution is -2.47. The van der Waals surface area contributed by atoms with E-state index in [0.29, 0.717) is 16.5 Å². The second-order valence-electron chi connectivity index (χ2n) is 10.5. The molecule has 1 N–H and O–H groups in total. The highest BCUT2D eigenvalue weighted by Crippen LogP contribution is 2.38. The lowest BCUT2D eigenvalue weighted by Gasteiger charge is -2.37. The smallest absolute Gasteiger partial charge is 0.407 e. The van der Waals surface area contributed by atoms with Crippen LogP contribution in [0.5, 0.6) is 11.5 Å². The van der Waals surface area contributed by atoms with E-state index in [0.717, 1.165) is 86.5 Å². The number of carbonyl (C=O) groups is 1. The van der Waals surface area contributed by atoms with Crippen LogP contribution in [0.2, 0.25) is 5.02 Å². The van der Waals surface area contributed by atoms with Crippen LogP contribution < -0.4 is 29.5 Å². The number of imidazole rings is 1. The van der Waals surface area contributed by atoms with E-state index < -0.39 is 0 Å². The Labute approximate surface area is 255 Å². The van der Waals surface area contributed by atoms with Crippen molar-refractivity contribution in [1.29, 1.82) is 0 Å². The number of piperazine rings is 1. The van der Waals surface area contributed by atoms with Gasteiger partial charge in [-0.05, 0) is 18.2 Å². The van der Waals surface area contributed by atoms with Crippen molar-refractivity contribution in [2.24, 2.45) is 0 Å². The highest BCUT2D eigenvalue weighted by molar-refractivity contribution is 6.32. The molecule has 0 aliphatic carbocycles. The van der Waals surface area contributed by atoms with E-state index in [9.17, 15) is 4.79 Å². The summed E-state index contributed by atoms with van der Waals surface area (Å²) in [4.78, 5) is 32.7.